The smallest absolute Gasteiger partial charge is 0.184 e. The van der Waals surface area contributed by atoms with Crippen molar-refractivity contribution < 1.29 is 8.78 Å². The van der Waals surface area contributed by atoms with Gasteiger partial charge < -0.3 is 4.57 Å². The Morgan fingerprint density at radius 3 is 2.67 bits per heavy atom. The van der Waals surface area contributed by atoms with Crippen LogP contribution < -0.4 is 0 Å². The zero-order valence-corrected chi connectivity index (χ0v) is 13.2. The average Bonchev–Trinajstić information content (AvgIpc) is 2.94. The summed E-state index contributed by atoms with van der Waals surface area (Å²) in [5.74, 6) is -1.04. The second-order valence-electron chi connectivity index (χ2n) is 6.75. The highest BCUT2D eigenvalue weighted by atomic mass is 35.5. The van der Waals surface area contributed by atoms with Crippen LogP contribution in [-0.4, -0.2) is 9.55 Å². The molecule has 0 radical (unpaired) electrons. The van der Waals surface area contributed by atoms with Crippen LogP contribution in [0.25, 0.3) is 11.0 Å². The Kier molecular flexibility index (Phi) is 3.47. The van der Waals surface area contributed by atoms with Crippen LogP contribution in [0.4, 0.5) is 8.78 Å². The number of benzene rings is 1. The Balaban J connectivity index is 2.23. The van der Waals surface area contributed by atoms with Gasteiger partial charge in [-0.15, -0.1) is 11.6 Å². The Morgan fingerprint density at radius 2 is 2.10 bits per heavy atom. The summed E-state index contributed by atoms with van der Waals surface area (Å²) in [5.41, 5.74) is 0.930. The van der Waals surface area contributed by atoms with E-state index in [2.05, 4.69) is 18.8 Å². The third kappa shape index (κ3) is 2.44. The van der Waals surface area contributed by atoms with Gasteiger partial charge in [0.1, 0.15) is 11.3 Å². The zero-order valence-electron chi connectivity index (χ0n) is 12.5. The van der Waals surface area contributed by atoms with Gasteiger partial charge in [-0.2, -0.15) is 0 Å². The van der Waals surface area contributed by atoms with Crippen LogP contribution >= 0.6 is 11.6 Å². The van der Waals surface area contributed by atoms with Crippen LogP contribution in [-0.2, 0) is 0 Å². The number of halogens is 3. The summed E-state index contributed by atoms with van der Waals surface area (Å²) in [6.45, 7) is 6.22. The van der Waals surface area contributed by atoms with E-state index in [1.807, 2.05) is 11.5 Å². The molecule has 1 aromatic carbocycles. The molecule has 0 saturated heterocycles. The van der Waals surface area contributed by atoms with Crippen LogP contribution in [0, 0.1) is 17.0 Å². The van der Waals surface area contributed by atoms with Crippen LogP contribution in [0.5, 0.6) is 0 Å². The van der Waals surface area contributed by atoms with Gasteiger partial charge in [-0.1, -0.05) is 13.8 Å². The van der Waals surface area contributed by atoms with E-state index >= 15 is 0 Å². The number of aromatic nitrogens is 2. The lowest BCUT2D eigenvalue weighted by Gasteiger charge is -2.21. The van der Waals surface area contributed by atoms with E-state index in [1.54, 1.807) is 0 Å². The molecular weight excluding hydrogens is 294 g/mol. The zero-order chi connectivity index (χ0) is 15.4. The third-order valence-electron chi connectivity index (χ3n) is 4.43. The van der Waals surface area contributed by atoms with Crippen molar-refractivity contribution >= 4 is 22.6 Å². The van der Waals surface area contributed by atoms with Crippen LogP contribution in [0.15, 0.2) is 12.1 Å². The highest BCUT2D eigenvalue weighted by Gasteiger charge is 2.35. The Bertz CT molecular complexity index is 691. The maximum Gasteiger partial charge on any atom is 0.184 e. The quantitative estimate of drug-likeness (QED) is 0.682. The maximum absolute atomic E-state index is 14.3. The minimum absolute atomic E-state index is 0.123. The van der Waals surface area contributed by atoms with Crippen LogP contribution in [0.3, 0.4) is 0 Å². The number of alkyl halides is 1. The molecule has 1 aliphatic carbocycles. The van der Waals surface area contributed by atoms with Crippen molar-refractivity contribution in [3.63, 3.8) is 0 Å². The van der Waals surface area contributed by atoms with Crippen molar-refractivity contribution in [2.75, 3.05) is 0 Å². The fraction of sp³-hybridized carbons (Fsp3) is 0.562. The first kappa shape index (κ1) is 14.8. The lowest BCUT2D eigenvalue weighted by Crippen LogP contribution is -2.13. The van der Waals surface area contributed by atoms with Crippen molar-refractivity contribution in [2.24, 2.45) is 5.41 Å². The Morgan fingerprint density at radius 1 is 1.38 bits per heavy atom. The molecule has 1 heterocycles. The number of rotatable bonds is 2. The predicted molar refractivity (Wildman–Crippen MR) is 80.6 cm³/mol. The normalized spacial score (nSPS) is 22.9. The van der Waals surface area contributed by atoms with E-state index in [9.17, 15) is 8.78 Å². The second-order valence-corrected chi connectivity index (χ2v) is 7.40. The summed E-state index contributed by atoms with van der Waals surface area (Å²) < 4.78 is 29.8. The van der Waals surface area contributed by atoms with Crippen molar-refractivity contribution in [3.8, 4) is 0 Å². The summed E-state index contributed by atoms with van der Waals surface area (Å²) in [6, 6.07) is 2.76. The lowest BCUT2D eigenvalue weighted by molar-refractivity contribution is 0.357. The van der Waals surface area contributed by atoms with E-state index in [4.69, 9.17) is 11.6 Å². The Hall–Kier alpha value is -1.16. The molecule has 0 N–H and O–H groups in total. The number of imidazole rings is 1. The first-order chi connectivity index (χ1) is 9.80. The lowest BCUT2D eigenvalue weighted by atomic mass is 9.92. The molecule has 2 atom stereocenters. The fourth-order valence-electron chi connectivity index (χ4n) is 3.41. The van der Waals surface area contributed by atoms with Gasteiger partial charge in [-0.25, -0.2) is 13.8 Å². The van der Waals surface area contributed by atoms with Crippen LogP contribution in [0.1, 0.15) is 57.3 Å². The summed E-state index contributed by atoms with van der Waals surface area (Å²) in [5, 5.41) is -0.344. The topological polar surface area (TPSA) is 17.8 Å². The van der Waals surface area contributed by atoms with Crippen LogP contribution in [0.2, 0.25) is 0 Å². The van der Waals surface area contributed by atoms with Gasteiger partial charge in [0.25, 0.3) is 0 Å². The number of hydrogen-bond donors (Lipinski definition) is 0. The van der Waals surface area contributed by atoms with Crippen molar-refractivity contribution in [1.29, 1.82) is 0 Å². The van der Waals surface area contributed by atoms with Crippen molar-refractivity contribution in [2.45, 2.75) is 51.5 Å². The molecule has 2 nitrogen and oxygen atoms in total. The molecule has 1 saturated carbocycles. The SMILES string of the molecule is CC(Cl)c1nc2ccc(F)c(F)c2n1C1CCC(C)(C)C1. The first-order valence-electron chi connectivity index (χ1n) is 7.30. The number of hydrogen-bond acceptors (Lipinski definition) is 1. The summed E-state index contributed by atoms with van der Waals surface area (Å²) in [6.07, 6.45) is 2.92. The monoisotopic (exact) mass is 312 g/mol. The molecular formula is C16H19ClF2N2. The number of nitrogens with zero attached hydrogens (tertiary/aromatic N) is 2. The third-order valence-corrected chi connectivity index (χ3v) is 4.63. The standard InChI is InChI=1S/C16H19ClF2N2/c1-9(17)15-20-12-5-4-11(18)13(19)14(12)21(15)10-6-7-16(2,3)8-10/h4-5,9-10H,6-8H2,1-3H3. The molecule has 0 bridgehead atoms. The minimum Gasteiger partial charge on any atom is -0.321 e. The molecule has 21 heavy (non-hydrogen) atoms. The van der Waals surface area contributed by atoms with E-state index in [0.29, 0.717) is 11.3 Å². The van der Waals surface area contributed by atoms with E-state index < -0.39 is 11.6 Å². The molecule has 3 rings (SSSR count). The van der Waals surface area contributed by atoms with E-state index in [0.717, 1.165) is 25.3 Å². The summed E-state index contributed by atoms with van der Waals surface area (Å²) >= 11 is 6.22. The van der Waals surface area contributed by atoms with E-state index in [-0.39, 0.29) is 22.4 Å². The fourth-order valence-corrected chi connectivity index (χ4v) is 3.56. The molecule has 0 spiro atoms. The molecule has 114 valence electrons. The van der Waals surface area contributed by atoms with Gasteiger partial charge in [0, 0.05) is 6.04 Å². The largest absolute Gasteiger partial charge is 0.321 e. The maximum atomic E-state index is 14.3. The average molecular weight is 313 g/mol. The van der Waals surface area contributed by atoms with Crippen molar-refractivity contribution in [3.05, 3.63) is 29.6 Å². The van der Waals surface area contributed by atoms with Crippen molar-refractivity contribution in [1.82, 2.24) is 9.55 Å². The van der Waals surface area contributed by atoms with Gasteiger partial charge in [0.05, 0.1) is 10.9 Å². The van der Waals surface area contributed by atoms with Gasteiger partial charge >= 0.3 is 0 Å². The van der Waals surface area contributed by atoms with Gasteiger partial charge in [-0.05, 0) is 43.7 Å². The number of fused-ring (bicyclic) bond motifs is 1. The van der Waals surface area contributed by atoms with Gasteiger partial charge in [0.2, 0.25) is 0 Å². The van der Waals surface area contributed by atoms with Gasteiger partial charge in [0.15, 0.2) is 11.6 Å². The molecule has 1 fully saturated rings. The Labute approximate surface area is 128 Å². The highest BCUT2D eigenvalue weighted by Crippen LogP contribution is 2.46. The minimum atomic E-state index is -0.838. The summed E-state index contributed by atoms with van der Waals surface area (Å²) in [7, 11) is 0. The molecule has 0 amide bonds. The molecule has 2 aromatic rings. The first-order valence-corrected chi connectivity index (χ1v) is 7.74. The molecule has 2 unspecified atom stereocenters. The highest BCUT2D eigenvalue weighted by molar-refractivity contribution is 6.20. The summed E-state index contributed by atoms with van der Waals surface area (Å²) in [4.78, 5) is 4.43. The molecule has 0 aliphatic heterocycles. The molecule has 1 aromatic heterocycles. The second kappa shape index (κ2) is 4.94. The van der Waals surface area contributed by atoms with Gasteiger partial charge in [-0.3, -0.25) is 0 Å². The molecule has 1 aliphatic rings. The molecule has 5 heteroatoms. The predicted octanol–water partition coefficient (Wildman–Crippen LogP) is 5.37. The van der Waals surface area contributed by atoms with E-state index in [1.165, 1.54) is 6.07 Å².